The van der Waals surface area contributed by atoms with Crippen molar-refractivity contribution in [2.45, 2.75) is 90.1 Å². The zero-order chi connectivity index (χ0) is 29.4. The number of ketones is 1. The van der Waals surface area contributed by atoms with Crippen molar-refractivity contribution in [3.63, 3.8) is 0 Å². The van der Waals surface area contributed by atoms with Crippen LogP contribution in [0.1, 0.15) is 96.5 Å². The quantitative estimate of drug-likeness (QED) is 0.441. The lowest BCUT2D eigenvalue weighted by atomic mass is 9.75. The fraction of sp³-hybridized carbons (Fsp3) is 0.606. The Kier molecular flexibility index (Phi) is 8.16. The molecule has 226 valence electrons. The number of nitrogens with one attached hydrogen (secondary N) is 2. The second-order valence-electron chi connectivity index (χ2n) is 13.4. The molecular weight excluding hydrogens is 530 g/mol. The number of fused-ring (bicyclic) bond motifs is 3. The molecule has 3 aliphatic carbocycles. The number of anilines is 1. The predicted molar refractivity (Wildman–Crippen MR) is 162 cm³/mol. The largest absolute Gasteiger partial charge is 0.382 e. The smallest absolute Gasteiger partial charge is 0.250 e. The van der Waals surface area contributed by atoms with Gasteiger partial charge in [0, 0.05) is 72.9 Å². The fourth-order valence-corrected chi connectivity index (χ4v) is 7.53. The Bertz CT molecular complexity index is 1360. The number of carbonyl (C=O) groups excluding carboxylic acids is 3. The molecule has 1 aromatic heterocycles. The molecular formula is C33H45N5O4. The highest BCUT2D eigenvalue weighted by molar-refractivity contribution is 6.01. The van der Waals surface area contributed by atoms with Gasteiger partial charge in [0.1, 0.15) is 0 Å². The lowest BCUT2D eigenvalue weighted by Gasteiger charge is -2.32. The van der Waals surface area contributed by atoms with Crippen molar-refractivity contribution in [1.29, 1.82) is 0 Å². The minimum atomic E-state index is -0.457. The number of hydrogen-bond donors (Lipinski definition) is 3. The van der Waals surface area contributed by atoms with Crippen LogP contribution in [0.15, 0.2) is 18.2 Å². The fourth-order valence-electron chi connectivity index (χ4n) is 7.53. The normalized spacial score (nSPS) is 23.7. The predicted octanol–water partition coefficient (Wildman–Crippen LogP) is 3.78. The van der Waals surface area contributed by atoms with Gasteiger partial charge in [-0.1, -0.05) is 13.8 Å². The molecule has 9 nitrogen and oxygen atoms in total. The molecule has 1 aromatic carbocycles. The third-order valence-corrected chi connectivity index (χ3v) is 9.62. The molecule has 2 aromatic rings. The van der Waals surface area contributed by atoms with Crippen molar-refractivity contribution in [3.05, 3.63) is 46.3 Å². The van der Waals surface area contributed by atoms with Crippen LogP contribution in [0.2, 0.25) is 0 Å². The molecule has 2 fully saturated rings. The van der Waals surface area contributed by atoms with Gasteiger partial charge in [-0.05, 0) is 80.5 Å². The Morgan fingerprint density at radius 2 is 1.76 bits per heavy atom. The van der Waals surface area contributed by atoms with Gasteiger partial charge in [-0.3, -0.25) is 19.3 Å². The van der Waals surface area contributed by atoms with E-state index in [1.54, 1.807) is 0 Å². The van der Waals surface area contributed by atoms with Gasteiger partial charge in [0.15, 0.2) is 5.78 Å². The Labute approximate surface area is 248 Å². The maximum atomic E-state index is 13.3. The lowest BCUT2D eigenvalue weighted by molar-refractivity contribution is -0.122. The number of nitrogens with two attached hydrogens (primary N) is 1. The molecule has 2 heterocycles. The first-order valence-corrected chi connectivity index (χ1v) is 15.8. The van der Waals surface area contributed by atoms with Crippen LogP contribution < -0.4 is 16.4 Å². The highest BCUT2D eigenvalue weighted by Gasteiger charge is 2.39. The zero-order valence-corrected chi connectivity index (χ0v) is 25.1. The van der Waals surface area contributed by atoms with Crippen LogP contribution in [0.25, 0.3) is 5.69 Å². The van der Waals surface area contributed by atoms with Crippen molar-refractivity contribution in [2.75, 3.05) is 38.2 Å². The number of ether oxygens (including phenoxy) is 1. The summed E-state index contributed by atoms with van der Waals surface area (Å²) in [6.45, 7) is 8.38. The maximum Gasteiger partial charge on any atom is 0.250 e. The zero-order valence-electron chi connectivity index (χ0n) is 25.1. The number of hydrogen-bond acceptors (Lipinski definition) is 6. The van der Waals surface area contributed by atoms with Crippen LogP contribution in [-0.4, -0.2) is 72.0 Å². The Morgan fingerprint density at radius 1 is 1.02 bits per heavy atom. The number of rotatable bonds is 8. The SMILES string of the molecule is CC1(C)CC(=O)c2c3c(n(-c4ccc(C(N)=O)c(NC5CCC(NC(=O)CCN6CCOCC6)CC5)c4)c2C1)CCC3. The van der Waals surface area contributed by atoms with Gasteiger partial charge in [-0.2, -0.15) is 0 Å². The number of amides is 2. The number of morpholine rings is 1. The summed E-state index contributed by atoms with van der Waals surface area (Å²) in [6.07, 6.45) is 8.50. The molecule has 0 spiro atoms. The Hall–Kier alpha value is -3.17. The van der Waals surface area contributed by atoms with Gasteiger partial charge < -0.3 is 25.7 Å². The van der Waals surface area contributed by atoms with Crippen LogP contribution >= 0.6 is 0 Å². The molecule has 42 heavy (non-hydrogen) atoms. The molecule has 6 rings (SSSR count). The molecule has 0 bridgehead atoms. The summed E-state index contributed by atoms with van der Waals surface area (Å²) in [6, 6.07) is 6.20. The third kappa shape index (κ3) is 5.99. The summed E-state index contributed by atoms with van der Waals surface area (Å²) in [4.78, 5) is 40.6. The van der Waals surface area contributed by atoms with E-state index in [4.69, 9.17) is 10.5 Å². The van der Waals surface area contributed by atoms with Gasteiger partial charge in [0.25, 0.3) is 5.91 Å². The van der Waals surface area contributed by atoms with Gasteiger partial charge in [-0.25, -0.2) is 0 Å². The first-order valence-electron chi connectivity index (χ1n) is 15.8. The van der Waals surface area contributed by atoms with E-state index in [9.17, 15) is 14.4 Å². The second kappa shape index (κ2) is 11.8. The number of primary amides is 1. The molecule has 0 unspecified atom stereocenters. The van der Waals surface area contributed by atoms with Gasteiger partial charge >= 0.3 is 0 Å². The first-order chi connectivity index (χ1) is 20.2. The van der Waals surface area contributed by atoms with E-state index >= 15 is 0 Å². The van der Waals surface area contributed by atoms with E-state index in [1.807, 2.05) is 18.2 Å². The van der Waals surface area contributed by atoms with Crippen LogP contribution in [0.3, 0.4) is 0 Å². The number of benzene rings is 1. The number of Topliss-reactive ketones (excluding diaryl/α,β-unsaturated/α-hetero) is 1. The van der Waals surface area contributed by atoms with Gasteiger partial charge in [-0.15, -0.1) is 0 Å². The van der Waals surface area contributed by atoms with Crippen molar-refractivity contribution >= 4 is 23.3 Å². The van der Waals surface area contributed by atoms with Crippen LogP contribution in [0.5, 0.6) is 0 Å². The minimum Gasteiger partial charge on any atom is -0.382 e. The van der Waals surface area contributed by atoms with Gasteiger partial charge in [0.2, 0.25) is 5.91 Å². The maximum absolute atomic E-state index is 13.3. The van der Waals surface area contributed by atoms with E-state index < -0.39 is 5.91 Å². The molecule has 0 atom stereocenters. The van der Waals surface area contributed by atoms with Crippen LogP contribution in [0.4, 0.5) is 5.69 Å². The third-order valence-electron chi connectivity index (χ3n) is 9.62. The van der Waals surface area contributed by atoms with Crippen LogP contribution in [-0.2, 0) is 28.8 Å². The topological polar surface area (TPSA) is 119 Å². The molecule has 1 aliphatic heterocycles. The average Bonchev–Trinajstić information content (AvgIpc) is 3.53. The van der Waals surface area contributed by atoms with E-state index in [0.717, 1.165) is 107 Å². The Morgan fingerprint density at radius 3 is 2.50 bits per heavy atom. The van der Waals surface area contributed by atoms with Crippen molar-refractivity contribution < 1.29 is 19.1 Å². The molecule has 1 saturated carbocycles. The molecule has 4 N–H and O–H groups in total. The van der Waals surface area contributed by atoms with E-state index in [-0.39, 0.29) is 29.2 Å². The molecule has 4 aliphatic rings. The summed E-state index contributed by atoms with van der Waals surface area (Å²) < 4.78 is 7.69. The van der Waals surface area contributed by atoms with Crippen LogP contribution in [0, 0.1) is 5.41 Å². The second-order valence-corrected chi connectivity index (χ2v) is 13.4. The summed E-state index contributed by atoms with van der Waals surface area (Å²) in [7, 11) is 0. The highest BCUT2D eigenvalue weighted by Crippen LogP contribution is 2.43. The summed E-state index contributed by atoms with van der Waals surface area (Å²) in [5.41, 5.74) is 12.5. The average molecular weight is 576 g/mol. The first kappa shape index (κ1) is 28.9. The molecule has 0 radical (unpaired) electrons. The van der Waals surface area contributed by atoms with Gasteiger partial charge in [0.05, 0.1) is 18.8 Å². The molecule has 1 saturated heterocycles. The highest BCUT2D eigenvalue weighted by atomic mass is 16.5. The van der Waals surface area contributed by atoms with E-state index in [0.29, 0.717) is 18.4 Å². The summed E-state index contributed by atoms with van der Waals surface area (Å²) >= 11 is 0. The number of carbonyl (C=O) groups is 3. The number of nitrogens with zero attached hydrogens (tertiary/aromatic N) is 2. The molecule has 2 amide bonds. The van der Waals surface area contributed by atoms with Crippen molar-refractivity contribution in [2.24, 2.45) is 11.1 Å². The van der Waals surface area contributed by atoms with Crippen molar-refractivity contribution in [1.82, 2.24) is 14.8 Å². The lowest BCUT2D eigenvalue weighted by Crippen LogP contribution is -2.42. The summed E-state index contributed by atoms with van der Waals surface area (Å²) in [5, 5.41) is 6.87. The summed E-state index contributed by atoms with van der Waals surface area (Å²) in [5.74, 6) is -0.0811. The standard InChI is InChI=1S/C33H45N5O4/c1-33(2)19-28-31(29(39)20-33)25-4-3-5-27(25)38(28)23-10-11-24(32(34)41)26(18-23)35-21-6-8-22(9-7-21)36-30(40)12-13-37-14-16-42-17-15-37/h10-11,18,21-22,35H,3-9,12-17,19-20H2,1-2H3,(H2,34,41)(H,36,40). The van der Waals surface area contributed by atoms with E-state index in [1.165, 1.54) is 11.3 Å². The Balaban J connectivity index is 1.15. The number of aromatic nitrogens is 1. The van der Waals surface area contributed by atoms with E-state index in [2.05, 4.69) is 33.9 Å². The monoisotopic (exact) mass is 575 g/mol. The molecule has 9 heteroatoms. The van der Waals surface area contributed by atoms with Crippen molar-refractivity contribution in [3.8, 4) is 5.69 Å². The minimum absolute atomic E-state index is 0.0846.